The van der Waals surface area contributed by atoms with Gasteiger partial charge in [0.1, 0.15) is 5.69 Å². The van der Waals surface area contributed by atoms with Crippen LogP contribution in [0.1, 0.15) is 5.69 Å². The van der Waals surface area contributed by atoms with Gasteiger partial charge in [0.15, 0.2) is 0 Å². The van der Waals surface area contributed by atoms with E-state index < -0.39 is 4.92 Å². The van der Waals surface area contributed by atoms with Gasteiger partial charge in [0, 0.05) is 12.4 Å². The van der Waals surface area contributed by atoms with E-state index in [1.807, 2.05) is 30.3 Å². The molecular weight excluding hydrogens is 268 g/mol. The summed E-state index contributed by atoms with van der Waals surface area (Å²) in [5.41, 5.74) is 1.11. The lowest BCUT2D eigenvalue weighted by atomic mass is 10.3. The van der Waals surface area contributed by atoms with E-state index in [0.29, 0.717) is 23.9 Å². The van der Waals surface area contributed by atoms with E-state index in [-0.39, 0.29) is 5.69 Å². The SMILES string of the molecule is Cc1nn(-c2ccccc2)c(NCCCl)c1[N+](=O)[O-]. The smallest absolute Gasteiger partial charge is 0.334 e. The largest absolute Gasteiger partial charge is 0.363 e. The molecule has 0 spiro atoms. The average Bonchev–Trinajstić information content (AvgIpc) is 2.74. The van der Waals surface area contributed by atoms with Gasteiger partial charge in [-0.15, -0.1) is 11.6 Å². The van der Waals surface area contributed by atoms with Gasteiger partial charge >= 0.3 is 5.69 Å². The lowest BCUT2D eigenvalue weighted by Gasteiger charge is -2.07. The van der Waals surface area contributed by atoms with E-state index in [2.05, 4.69) is 10.4 Å². The molecule has 0 fully saturated rings. The van der Waals surface area contributed by atoms with Crippen molar-refractivity contribution >= 4 is 23.1 Å². The number of nitrogens with one attached hydrogen (secondary N) is 1. The molecule has 2 rings (SSSR count). The highest BCUT2D eigenvalue weighted by Gasteiger charge is 2.25. The van der Waals surface area contributed by atoms with Crippen LogP contribution >= 0.6 is 11.6 Å². The van der Waals surface area contributed by atoms with E-state index in [0.717, 1.165) is 5.69 Å². The number of anilines is 1. The number of alkyl halides is 1. The summed E-state index contributed by atoms with van der Waals surface area (Å²) in [6.45, 7) is 2.05. The molecule has 0 aliphatic heterocycles. The van der Waals surface area contributed by atoms with Crippen LogP contribution in [0.3, 0.4) is 0 Å². The second-order valence-corrected chi connectivity index (χ2v) is 4.28. The zero-order valence-electron chi connectivity index (χ0n) is 10.3. The standard InChI is InChI=1S/C12H13ClN4O2/c1-9-11(17(18)19)12(14-8-7-13)16(15-9)10-5-3-2-4-6-10/h2-6,14H,7-8H2,1H3. The van der Waals surface area contributed by atoms with Gasteiger partial charge in [-0.25, -0.2) is 4.68 Å². The molecule has 0 saturated carbocycles. The number of hydrogen-bond donors (Lipinski definition) is 1. The van der Waals surface area contributed by atoms with Crippen LogP contribution in [-0.4, -0.2) is 27.1 Å². The molecule has 1 aromatic carbocycles. The Bertz CT molecular complexity index is 583. The van der Waals surface area contributed by atoms with Crippen molar-refractivity contribution in [3.05, 3.63) is 46.1 Å². The van der Waals surface area contributed by atoms with Gasteiger partial charge in [0.25, 0.3) is 0 Å². The van der Waals surface area contributed by atoms with Crippen LogP contribution in [0.4, 0.5) is 11.5 Å². The lowest BCUT2D eigenvalue weighted by Crippen LogP contribution is -2.09. The summed E-state index contributed by atoms with van der Waals surface area (Å²) in [6.07, 6.45) is 0. The molecule has 0 bridgehead atoms. The number of para-hydroxylation sites is 1. The molecule has 0 saturated heterocycles. The minimum Gasteiger partial charge on any atom is -0.363 e. The number of rotatable bonds is 5. The maximum atomic E-state index is 11.1. The van der Waals surface area contributed by atoms with Gasteiger partial charge in [-0.1, -0.05) is 18.2 Å². The normalized spacial score (nSPS) is 10.4. The van der Waals surface area contributed by atoms with E-state index in [1.54, 1.807) is 6.92 Å². The molecule has 7 heteroatoms. The predicted octanol–water partition coefficient (Wildman–Crippen LogP) is 2.74. The van der Waals surface area contributed by atoms with E-state index >= 15 is 0 Å². The van der Waals surface area contributed by atoms with Crippen molar-refractivity contribution in [1.82, 2.24) is 9.78 Å². The Morgan fingerprint density at radius 1 is 1.42 bits per heavy atom. The number of aromatic nitrogens is 2. The summed E-state index contributed by atoms with van der Waals surface area (Å²) in [4.78, 5) is 10.7. The molecule has 0 unspecified atom stereocenters. The third-order valence-electron chi connectivity index (χ3n) is 2.60. The Hall–Kier alpha value is -2.08. The third kappa shape index (κ3) is 2.68. The minimum atomic E-state index is -0.432. The number of halogens is 1. The van der Waals surface area contributed by atoms with Gasteiger partial charge in [-0.2, -0.15) is 5.10 Å². The molecule has 1 heterocycles. The minimum absolute atomic E-state index is 0.0195. The predicted molar refractivity (Wildman–Crippen MR) is 74.2 cm³/mol. The van der Waals surface area contributed by atoms with Crippen LogP contribution in [0.5, 0.6) is 0 Å². The fourth-order valence-corrected chi connectivity index (χ4v) is 1.91. The summed E-state index contributed by atoms with van der Waals surface area (Å²) in [6, 6.07) is 9.25. The molecule has 6 nitrogen and oxygen atoms in total. The molecule has 100 valence electrons. The summed E-state index contributed by atoms with van der Waals surface area (Å²) < 4.78 is 1.53. The quantitative estimate of drug-likeness (QED) is 0.519. The zero-order chi connectivity index (χ0) is 13.8. The van der Waals surface area contributed by atoms with Crippen molar-refractivity contribution in [2.24, 2.45) is 0 Å². The molecule has 19 heavy (non-hydrogen) atoms. The maximum absolute atomic E-state index is 11.1. The molecule has 1 aromatic heterocycles. The maximum Gasteiger partial charge on any atom is 0.334 e. The van der Waals surface area contributed by atoms with Gasteiger partial charge in [0.2, 0.25) is 5.82 Å². The van der Waals surface area contributed by atoms with E-state index in [4.69, 9.17) is 11.6 Å². The first-order valence-electron chi connectivity index (χ1n) is 5.74. The third-order valence-corrected chi connectivity index (χ3v) is 2.79. The summed E-state index contributed by atoms with van der Waals surface area (Å²) >= 11 is 5.63. The summed E-state index contributed by atoms with van der Waals surface area (Å²) in [7, 11) is 0. The Balaban J connectivity index is 2.54. The monoisotopic (exact) mass is 280 g/mol. The van der Waals surface area contributed by atoms with Crippen LogP contribution in [0.2, 0.25) is 0 Å². The fraction of sp³-hybridized carbons (Fsp3) is 0.250. The Morgan fingerprint density at radius 3 is 2.68 bits per heavy atom. The molecule has 0 atom stereocenters. The van der Waals surface area contributed by atoms with Crippen LogP contribution < -0.4 is 5.32 Å². The Kier molecular flexibility index (Phi) is 4.01. The van der Waals surface area contributed by atoms with Gasteiger partial charge in [-0.3, -0.25) is 10.1 Å². The van der Waals surface area contributed by atoms with Crippen LogP contribution in [0, 0.1) is 17.0 Å². The summed E-state index contributed by atoms with van der Waals surface area (Å²) in [5.74, 6) is 0.713. The number of aryl methyl sites for hydroxylation is 1. The topological polar surface area (TPSA) is 73.0 Å². The second kappa shape index (κ2) is 5.71. The lowest BCUT2D eigenvalue weighted by molar-refractivity contribution is -0.384. The number of nitrogens with zero attached hydrogens (tertiary/aromatic N) is 3. The fourth-order valence-electron chi connectivity index (χ4n) is 1.82. The van der Waals surface area contributed by atoms with Crippen molar-refractivity contribution in [1.29, 1.82) is 0 Å². The molecule has 0 radical (unpaired) electrons. The highest BCUT2D eigenvalue weighted by Crippen LogP contribution is 2.30. The molecule has 0 aliphatic rings. The van der Waals surface area contributed by atoms with Crippen molar-refractivity contribution in [2.75, 3.05) is 17.7 Å². The molecular formula is C12H13ClN4O2. The highest BCUT2D eigenvalue weighted by molar-refractivity contribution is 6.18. The van der Waals surface area contributed by atoms with Crippen molar-refractivity contribution in [3.8, 4) is 5.69 Å². The van der Waals surface area contributed by atoms with Gasteiger partial charge in [0.05, 0.1) is 10.6 Å². The number of hydrogen-bond acceptors (Lipinski definition) is 4. The van der Waals surface area contributed by atoms with Crippen molar-refractivity contribution in [2.45, 2.75) is 6.92 Å². The van der Waals surface area contributed by atoms with Crippen molar-refractivity contribution < 1.29 is 4.92 Å². The Morgan fingerprint density at radius 2 is 2.11 bits per heavy atom. The number of nitro groups is 1. The Labute approximate surface area is 115 Å². The molecule has 1 N–H and O–H groups in total. The number of benzene rings is 1. The first kappa shape index (κ1) is 13.4. The highest BCUT2D eigenvalue weighted by atomic mass is 35.5. The van der Waals surface area contributed by atoms with E-state index in [9.17, 15) is 10.1 Å². The van der Waals surface area contributed by atoms with Crippen LogP contribution in [0.25, 0.3) is 5.69 Å². The molecule has 0 amide bonds. The van der Waals surface area contributed by atoms with Crippen molar-refractivity contribution in [3.63, 3.8) is 0 Å². The molecule has 0 aliphatic carbocycles. The van der Waals surface area contributed by atoms with Crippen LogP contribution in [0.15, 0.2) is 30.3 Å². The van der Waals surface area contributed by atoms with Crippen LogP contribution in [-0.2, 0) is 0 Å². The average molecular weight is 281 g/mol. The first-order valence-corrected chi connectivity index (χ1v) is 6.28. The van der Waals surface area contributed by atoms with E-state index in [1.165, 1.54) is 4.68 Å². The second-order valence-electron chi connectivity index (χ2n) is 3.90. The first-order chi connectivity index (χ1) is 9.15. The molecule has 2 aromatic rings. The van der Waals surface area contributed by atoms with Gasteiger partial charge < -0.3 is 5.32 Å². The summed E-state index contributed by atoms with van der Waals surface area (Å²) in [5, 5.41) is 18.3. The van der Waals surface area contributed by atoms with Gasteiger partial charge in [-0.05, 0) is 19.1 Å². The zero-order valence-corrected chi connectivity index (χ0v) is 11.1.